The van der Waals surface area contributed by atoms with E-state index in [4.69, 9.17) is 9.47 Å². The number of nitrogens with zero attached hydrogens (tertiary/aromatic N) is 6. The zero-order valence-electron chi connectivity index (χ0n) is 26.3. The van der Waals surface area contributed by atoms with Gasteiger partial charge in [0.15, 0.2) is 0 Å². The summed E-state index contributed by atoms with van der Waals surface area (Å²) in [6, 6.07) is 0. The van der Waals surface area contributed by atoms with Gasteiger partial charge in [0.25, 0.3) is 0 Å². The number of amidine groups is 1. The number of hydrogen-bond acceptors (Lipinski definition) is 7. The summed E-state index contributed by atoms with van der Waals surface area (Å²) in [5.41, 5.74) is -0.394. The number of ether oxygens (including phenoxy) is 2. The molecule has 9 nitrogen and oxygen atoms in total. The van der Waals surface area contributed by atoms with Gasteiger partial charge in [-0.25, -0.2) is 9.79 Å². The maximum absolute atomic E-state index is 11.8. The molecule has 2 aliphatic heterocycles. The van der Waals surface area contributed by atoms with Crippen LogP contribution in [0.25, 0.3) is 0 Å². The Morgan fingerprint density at radius 3 is 1.97 bits per heavy atom. The molecule has 2 fully saturated rings. The molecular weight excluding hydrogens is 468 g/mol. The van der Waals surface area contributed by atoms with Gasteiger partial charge in [0.05, 0.1) is 13.2 Å². The van der Waals surface area contributed by atoms with Crippen molar-refractivity contribution in [2.75, 3.05) is 101 Å². The van der Waals surface area contributed by atoms with Gasteiger partial charge in [0.1, 0.15) is 11.4 Å². The number of carbonyl (C=O) groups is 1. The fourth-order valence-corrected chi connectivity index (χ4v) is 3.00. The summed E-state index contributed by atoms with van der Waals surface area (Å²) >= 11 is 0. The van der Waals surface area contributed by atoms with Crippen LogP contribution in [0.15, 0.2) is 17.3 Å². The molecular formula is C28H60N6O3. The van der Waals surface area contributed by atoms with Gasteiger partial charge in [-0.15, -0.1) is 0 Å². The van der Waals surface area contributed by atoms with E-state index in [0.29, 0.717) is 0 Å². The first kappa shape index (κ1) is 37.5. The molecule has 0 aliphatic carbocycles. The molecule has 0 aromatic heterocycles. The van der Waals surface area contributed by atoms with E-state index in [1.54, 1.807) is 4.90 Å². The second-order valence-corrected chi connectivity index (χ2v) is 10.4. The third-order valence-electron chi connectivity index (χ3n) is 5.45. The molecule has 1 amide bonds. The van der Waals surface area contributed by atoms with Crippen molar-refractivity contribution in [3.05, 3.63) is 12.3 Å². The van der Waals surface area contributed by atoms with E-state index in [-0.39, 0.29) is 6.09 Å². The lowest BCUT2D eigenvalue weighted by molar-refractivity contribution is 0.0259. The summed E-state index contributed by atoms with van der Waals surface area (Å²) in [5.74, 6) is 1.06. The van der Waals surface area contributed by atoms with Crippen LogP contribution in [0.2, 0.25) is 0 Å². The molecule has 0 saturated carbocycles. The largest absolute Gasteiger partial charge is 0.444 e. The van der Waals surface area contributed by atoms with E-state index in [9.17, 15) is 4.79 Å². The van der Waals surface area contributed by atoms with Gasteiger partial charge in [-0.1, -0.05) is 19.9 Å². The lowest BCUT2D eigenvalue weighted by atomic mass is 10.2. The molecule has 0 radical (unpaired) electrons. The number of carbonyl (C=O) groups excluding carboxylic acids is 1. The van der Waals surface area contributed by atoms with Crippen LogP contribution in [0, 0.1) is 0 Å². The minimum atomic E-state index is -0.394. The minimum Gasteiger partial charge on any atom is -0.444 e. The van der Waals surface area contributed by atoms with E-state index >= 15 is 0 Å². The summed E-state index contributed by atoms with van der Waals surface area (Å²) in [7, 11) is 10.4. The second kappa shape index (κ2) is 22.3. The summed E-state index contributed by atoms with van der Waals surface area (Å²) in [6.07, 6.45) is 4.60. The van der Waals surface area contributed by atoms with Crippen molar-refractivity contribution in [3.8, 4) is 0 Å². The first-order chi connectivity index (χ1) is 17.4. The lowest BCUT2D eigenvalue weighted by Gasteiger charge is -2.26. The number of amides is 1. The Kier molecular flexibility index (Phi) is 22.6. The fourth-order valence-electron chi connectivity index (χ4n) is 3.00. The van der Waals surface area contributed by atoms with Crippen LogP contribution in [0.3, 0.4) is 0 Å². The molecule has 9 heteroatoms. The Bertz CT molecular complexity index is 614. The van der Waals surface area contributed by atoms with E-state index in [1.807, 2.05) is 60.7 Å². The highest BCUT2D eigenvalue weighted by atomic mass is 16.6. The van der Waals surface area contributed by atoms with Gasteiger partial charge in [-0.05, 0) is 75.8 Å². The van der Waals surface area contributed by atoms with Gasteiger partial charge in [-0.2, -0.15) is 0 Å². The number of morpholine rings is 1. The Morgan fingerprint density at radius 1 is 0.946 bits per heavy atom. The van der Waals surface area contributed by atoms with Crippen LogP contribution in [0.5, 0.6) is 0 Å². The number of allylic oxidation sites excluding steroid dienone is 1. The molecule has 0 spiro atoms. The Morgan fingerprint density at radius 2 is 1.51 bits per heavy atom. The van der Waals surface area contributed by atoms with Gasteiger partial charge >= 0.3 is 6.09 Å². The molecule has 0 aromatic rings. The summed E-state index contributed by atoms with van der Waals surface area (Å²) in [4.78, 5) is 26.6. The normalized spacial score (nSPS) is 17.5. The molecule has 0 N–H and O–H groups in total. The zero-order chi connectivity index (χ0) is 28.9. The Labute approximate surface area is 229 Å². The maximum atomic E-state index is 11.8. The molecule has 0 aromatic carbocycles. The van der Waals surface area contributed by atoms with Crippen molar-refractivity contribution < 1.29 is 14.3 Å². The van der Waals surface area contributed by atoms with Crippen molar-refractivity contribution >= 4 is 11.9 Å². The number of rotatable bonds is 4. The summed E-state index contributed by atoms with van der Waals surface area (Å²) < 4.78 is 10.4. The first-order valence-corrected chi connectivity index (χ1v) is 13.8. The number of hydrogen-bond donors (Lipinski definition) is 0. The summed E-state index contributed by atoms with van der Waals surface area (Å²) in [6.45, 7) is 23.3. The fraction of sp³-hybridized carbons (Fsp3) is 0.857. The SMILES string of the molecule is C/C=C\N=C(C)N(C)CCN(C)C.CC.CN1CCCN(C(=O)OC(C)(C)C)CC1.CN1CCOCC1. The van der Waals surface area contributed by atoms with Crippen LogP contribution in [-0.4, -0.2) is 143 Å². The van der Waals surface area contributed by atoms with Crippen LogP contribution in [-0.2, 0) is 9.47 Å². The standard InChI is InChI=1S/C11H22N2O2.C10H21N3.C5H11NO.C2H6/c1-11(2,3)15-10(14)13-7-5-6-12(4)8-9-13;1-6-7-11-10(2)13(5)9-8-12(3)4;1-6-2-4-7-5-3-6;1-2/h5-9H2,1-4H3;6-7H,8-9H2,1-5H3;2-5H2,1H3;1-2H3/b;7-6-,11-10?;;. The monoisotopic (exact) mass is 528 g/mol. The molecule has 0 unspecified atom stereocenters. The smallest absolute Gasteiger partial charge is 0.410 e. The van der Waals surface area contributed by atoms with Gasteiger partial charge in [0, 0.05) is 59.1 Å². The third kappa shape index (κ3) is 23.2. The van der Waals surface area contributed by atoms with Crippen molar-refractivity contribution in [3.63, 3.8) is 0 Å². The average molecular weight is 529 g/mol. The molecule has 37 heavy (non-hydrogen) atoms. The van der Waals surface area contributed by atoms with E-state index < -0.39 is 5.60 Å². The van der Waals surface area contributed by atoms with E-state index in [0.717, 1.165) is 77.8 Å². The molecule has 0 atom stereocenters. The highest BCUT2D eigenvalue weighted by Crippen LogP contribution is 2.11. The first-order valence-electron chi connectivity index (χ1n) is 13.8. The van der Waals surface area contributed by atoms with Crippen LogP contribution in [0.4, 0.5) is 4.79 Å². The van der Waals surface area contributed by atoms with Crippen molar-refractivity contribution in [2.24, 2.45) is 4.99 Å². The van der Waals surface area contributed by atoms with Gasteiger partial charge in [-0.3, -0.25) is 0 Å². The molecule has 2 heterocycles. The Balaban J connectivity index is 0. The molecule has 2 rings (SSSR count). The lowest BCUT2D eigenvalue weighted by Crippen LogP contribution is -2.38. The third-order valence-corrected chi connectivity index (χ3v) is 5.45. The summed E-state index contributed by atoms with van der Waals surface area (Å²) in [5, 5.41) is 0. The van der Waals surface area contributed by atoms with E-state index in [1.165, 1.54) is 0 Å². The second-order valence-electron chi connectivity index (χ2n) is 10.4. The molecule has 0 bridgehead atoms. The van der Waals surface area contributed by atoms with Crippen LogP contribution >= 0.6 is 0 Å². The minimum absolute atomic E-state index is 0.183. The van der Waals surface area contributed by atoms with Crippen molar-refractivity contribution in [1.82, 2.24) is 24.5 Å². The predicted molar refractivity (Wildman–Crippen MR) is 159 cm³/mol. The van der Waals surface area contributed by atoms with E-state index in [2.05, 4.69) is 59.8 Å². The predicted octanol–water partition coefficient (Wildman–Crippen LogP) is 3.97. The topological polar surface area (TPSA) is 64.1 Å². The molecule has 2 aliphatic rings. The van der Waals surface area contributed by atoms with Crippen molar-refractivity contribution in [2.45, 2.75) is 60.5 Å². The number of likely N-dealkylation sites (N-methyl/N-ethyl adjacent to an activating group) is 4. The average Bonchev–Trinajstić information content (AvgIpc) is 3.07. The molecule has 220 valence electrons. The molecule has 2 saturated heterocycles. The maximum Gasteiger partial charge on any atom is 0.410 e. The Hall–Kier alpha value is -1.68. The van der Waals surface area contributed by atoms with Crippen molar-refractivity contribution in [1.29, 1.82) is 0 Å². The quantitative estimate of drug-likeness (QED) is 0.404. The number of aliphatic imine (C=N–C) groups is 1. The van der Waals surface area contributed by atoms with Gasteiger partial charge < -0.3 is 34.0 Å². The zero-order valence-corrected chi connectivity index (χ0v) is 26.3. The van der Waals surface area contributed by atoms with Crippen LogP contribution < -0.4 is 0 Å². The highest BCUT2D eigenvalue weighted by Gasteiger charge is 2.23. The van der Waals surface area contributed by atoms with Gasteiger partial charge in [0.2, 0.25) is 0 Å². The highest BCUT2D eigenvalue weighted by molar-refractivity contribution is 5.79. The van der Waals surface area contributed by atoms with Crippen LogP contribution in [0.1, 0.15) is 54.9 Å².